The van der Waals surface area contributed by atoms with Gasteiger partial charge in [-0.25, -0.2) is 13.2 Å². The zero-order chi connectivity index (χ0) is 21.9. The Morgan fingerprint density at radius 1 is 1.14 bits per heavy atom. The van der Waals surface area contributed by atoms with Crippen molar-refractivity contribution in [2.24, 2.45) is 0 Å². The highest BCUT2D eigenvalue weighted by Crippen LogP contribution is 2.26. The molecule has 158 valence electrons. The minimum absolute atomic E-state index is 0.0144. The predicted octanol–water partition coefficient (Wildman–Crippen LogP) is 1.09. The first kappa shape index (κ1) is 22.5. The monoisotopic (exact) mass is 424 g/mol. The van der Waals surface area contributed by atoms with E-state index >= 15 is 0 Å². The van der Waals surface area contributed by atoms with Crippen molar-refractivity contribution in [3.8, 4) is 0 Å². The van der Waals surface area contributed by atoms with E-state index in [2.05, 4.69) is 5.32 Å². The summed E-state index contributed by atoms with van der Waals surface area (Å²) < 4.78 is 23.2. The Morgan fingerprint density at radius 3 is 2.31 bits per heavy atom. The molecule has 1 aromatic rings. The minimum atomic E-state index is -3.39. The van der Waals surface area contributed by atoms with Crippen LogP contribution in [0.15, 0.2) is 18.2 Å². The van der Waals surface area contributed by atoms with Gasteiger partial charge in [-0.3, -0.25) is 19.3 Å². The molecule has 29 heavy (non-hydrogen) atoms. The molecule has 2 rings (SSSR count). The van der Waals surface area contributed by atoms with Gasteiger partial charge in [-0.05, 0) is 38.0 Å². The molecule has 0 spiro atoms. The number of imide groups is 1. The quantitative estimate of drug-likeness (QED) is 0.566. The Hall–Kier alpha value is -2.75. The fourth-order valence-corrected chi connectivity index (χ4v) is 3.81. The summed E-state index contributed by atoms with van der Waals surface area (Å²) >= 11 is 0. The summed E-state index contributed by atoms with van der Waals surface area (Å²) in [6, 6.07) is 2.27. The molecule has 1 aromatic carbocycles. The lowest BCUT2D eigenvalue weighted by molar-refractivity contribution is -0.139. The SMILES string of the molecule is CCC(C)N1C(=O)c2ccc(C(=O)NC(CCS(=O)(=O)CC)C(=O)O)cc2C1=O. The van der Waals surface area contributed by atoms with Crippen LogP contribution in [0, 0.1) is 0 Å². The Morgan fingerprint density at radius 2 is 1.76 bits per heavy atom. The van der Waals surface area contributed by atoms with Crippen molar-refractivity contribution >= 4 is 33.5 Å². The van der Waals surface area contributed by atoms with Gasteiger partial charge in [0.25, 0.3) is 17.7 Å². The lowest BCUT2D eigenvalue weighted by Gasteiger charge is -2.20. The number of sulfone groups is 1. The second kappa shape index (κ2) is 8.73. The molecule has 3 amide bonds. The Balaban J connectivity index is 2.21. The lowest BCUT2D eigenvalue weighted by atomic mass is 10.0. The van der Waals surface area contributed by atoms with Gasteiger partial charge in [0.15, 0.2) is 0 Å². The Kier molecular flexibility index (Phi) is 6.78. The first-order valence-electron chi connectivity index (χ1n) is 9.28. The van der Waals surface area contributed by atoms with E-state index in [1.807, 2.05) is 6.92 Å². The third-order valence-electron chi connectivity index (χ3n) is 4.97. The largest absolute Gasteiger partial charge is 0.480 e. The van der Waals surface area contributed by atoms with Gasteiger partial charge >= 0.3 is 5.97 Å². The highest BCUT2D eigenvalue weighted by molar-refractivity contribution is 7.91. The van der Waals surface area contributed by atoms with E-state index in [1.54, 1.807) is 6.92 Å². The molecular weight excluding hydrogens is 400 g/mol. The molecule has 0 fully saturated rings. The van der Waals surface area contributed by atoms with E-state index in [1.165, 1.54) is 25.1 Å². The Labute approximate surface area is 169 Å². The third-order valence-corrected chi connectivity index (χ3v) is 6.71. The number of hydrogen-bond donors (Lipinski definition) is 2. The van der Waals surface area contributed by atoms with Crippen molar-refractivity contribution < 1.29 is 32.7 Å². The number of carboxylic acid groups (broad SMARTS) is 1. The van der Waals surface area contributed by atoms with E-state index in [0.29, 0.717) is 6.42 Å². The second-order valence-corrected chi connectivity index (χ2v) is 9.36. The zero-order valence-corrected chi connectivity index (χ0v) is 17.3. The number of carbonyl (C=O) groups excluding carboxylic acids is 3. The maximum Gasteiger partial charge on any atom is 0.326 e. The van der Waals surface area contributed by atoms with Crippen molar-refractivity contribution in [2.75, 3.05) is 11.5 Å². The number of benzene rings is 1. The summed E-state index contributed by atoms with van der Waals surface area (Å²) in [5, 5.41) is 11.6. The number of carboxylic acids is 1. The molecule has 0 aromatic heterocycles. The zero-order valence-electron chi connectivity index (χ0n) is 16.5. The van der Waals surface area contributed by atoms with Gasteiger partial charge in [-0.15, -0.1) is 0 Å². The average molecular weight is 424 g/mol. The topological polar surface area (TPSA) is 138 Å². The third kappa shape index (κ3) is 4.81. The second-order valence-electron chi connectivity index (χ2n) is 6.89. The molecule has 2 atom stereocenters. The molecule has 1 heterocycles. The molecule has 0 aliphatic carbocycles. The van der Waals surface area contributed by atoms with Gasteiger partial charge in [-0.1, -0.05) is 13.8 Å². The van der Waals surface area contributed by atoms with Gasteiger partial charge in [-0.2, -0.15) is 0 Å². The van der Waals surface area contributed by atoms with Gasteiger partial charge in [0.05, 0.1) is 16.9 Å². The van der Waals surface area contributed by atoms with Crippen LogP contribution < -0.4 is 5.32 Å². The summed E-state index contributed by atoms with van der Waals surface area (Å²) in [7, 11) is -3.39. The normalized spacial score (nSPS) is 15.8. The summed E-state index contributed by atoms with van der Waals surface area (Å²) in [4.78, 5) is 50.0. The molecule has 2 N–H and O–H groups in total. The van der Waals surface area contributed by atoms with Crippen LogP contribution in [-0.4, -0.2) is 65.7 Å². The molecule has 1 aliphatic heterocycles. The number of carbonyl (C=O) groups is 4. The molecule has 9 nitrogen and oxygen atoms in total. The maximum atomic E-state index is 12.6. The number of amides is 3. The molecule has 1 aliphatic rings. The van der Waals surface area contributed by atoms with Crippen LogP contribution in [0.4, 0.5) is 0 Å². The average Bonchev–Trinajstić information content (AvgIpc) is 2.94. The van der Waals surface area contributed by atoms with Crippen LogP contribution in [0.5, 0.6) is 0 Å². The predicted molar refractivity (Wildman–Crippen MR) is 105 cm³/mol. The van der Waals surface area contributed by atoms with Crippen molar-refractivity contribution in [3.63, 3.8) is 0 Å². The first-order chi connectivity index (χ1) is 13.5. The number of aliphatic carboxylic acids is 1. The van der Waals surface area contributed by atoms with Crippen molar-refractivity contribution in [2.45, 2.75) is 45.7 Å². The summed E-state index contributed by atoms with van der Waals surface area (Å²) in [5.41, 5.74) is 0.291. The number of nitrogens with one attached hydrogen (secondary N) is 1. The first-order valence-corrected chi connectivity index (χ1v) is 11.1. The molecule has 0 saturated carbocycles. The van der Waals surface area contributed by atoms with Gasteiger partial charge in [0, 0.05) is 17.4 Å². The van der Waals surface area contributed by atoms with Crippen LogP contribution in [0.1, 0.15) is 64.7 Å². The lowest BCUT2D eigenvalue weighted by Crippen LogP contribution is -2.42. The summed E-state index contributed by atoms with van der Waals surface area (Å²) in [6.45, 7) is 5.05. The van der Waals surface area contributed by atoms with Crippen molar-refractivity contribution in [1.29, 1.82) is 0 Å². The molecule has 0 bridgehead atoms. The number of hydrogen-bond acceptors (Lipinski definition) is 6. The van der Waals surface area contributed by atoms with E-state index in [9.17, 15) is 32.7 Å². The number of rotatable bonds is 9. The fraction of sp³-hybridized carbons (Fsp3) is 0.474. The van der Waals surface area contributed by atoms with E-state index in [0.717, 1.165) is 4.90 Å². The minimum Gasteiger partial charge on any atom is -0.480 e. The molecular formula is C19H24N2O7S. The van der Waals surface area contributed by atoms with Crippen molar-refractivity contribution in [3.05, 3.63) is 34.9 Å². The summed E-state index contributed by atoms with van der Waals surface area (Å²) in [6.07, 6.45) is 0.307. The van der Waals surface area contributed by atoms with Gasteiger partial charge in [0.2, 0.25) is 0 Å². The Bertz CT molecular complexity index is 955. The maximum absolute atomic E-state index is 12.6. The highest BCUT2D eigenvalue weighted by Gasteiger charge is 2.38. The molecule has 2 unspecified atom stereocenters. The number of nitrogens with zero attached hydrogens (tertiary/aromatic N) is 1. The van der Waals surface area contributed by atoms with Crippen LogP contribution in [0.2, 0.25) is 0 Å². The molecule has 0 radical (unpaired) electrons. The van der Waals surface area contributed by atoms with Crippen LogP contribution in [-0.2, 0) is 14.6 Å². The van der Waals surface area contributed by atoms with E-state index in [4.69, 9.17) is 0 Å². The van der Waals surface area contributed by atoms with Crippen molar-refractivity contribution in [1.82, 2.24) is 10.2 Å². The van der Waals surface area contributed by atoms with E-state index in [-0.39, 0.29) is 40.7 Å². The molecule has 10 heteroatoms. The fourth-order valence-electron chi connectivity index (χ4n) is 2.92. The van der Waals surface area contributed by atoms with Crippen LogP contribution in [0.25, 0.3) is 0 Å². The van der Waals surface area contributed by atoms with E-state index < -0.39 is 39.6 Å². The van der Waals surface area contributed by atoms with Gasteiger partial charge in [0.1, 0.15) is 15.9 Å². The van der Waals surface area contributed by atoms with Gasteiger partial charge < -0.3 is 10.4 Å². The van der Waals surface area contributed by atoms with Crippen LogP contribution >= 0.6 is 0 Å². The highest BCUT2D eigenvalue weighted by atomic mass is 32.2. The van der Waals surface area contributed by atoms with Crippen LogP contribution in [0.3, 0.4) is 0 Å². The summed E-state index contributed by atoms with van der Waals surface area (Å²) in [5.74, 6) is -3.56. The smallest absolute Gasteiger partial charge is 0.326 e. The number of fused-ring (bicyclic) bond motifs is 1. The molecule has 0 saturated heterocycles. The standard InChI is InChI=1S/C19H24N2O7S/c1-4-11(3)21-17(23)13-7-6-12(10-14(13)18(21)24)16(22)20-15(19(25)26)8-9-29(27,28)5-2/h6-7,10-11,15H,4-5,8-9H2,1-3H3,(H,20,22)(H,25,26).